The third kappa shape index (κ3) is 7.54. The molecule has 0 spiro atoms. The van der Waals surface area contributed by atoms with Crippen molar-refractivity contribution in [2.75, 3.05) is 43.9 Å². The molecule has 0 unspecified atom stereocenters. The maximum Gasteiger partial charge on any atom is 0.323 e. The zero-order valence-corrected chi connectivity index (χ0v) is 24.5. The number of amides is 3. The van der Waals surface area contributed by atoms with Crippen molar-refractivity contribution in [3.05, 3.63) is 35.2 Å². The number of anilines is 2. The van der Waals surface area contributed by atoms with Gasteiger partial charge in [-0.25, -0.2) is 4.79 Å². The second kappa shape index (κ2) is 13.5. The van der Waals surface area contributed by atoms with Crippen LogP contribution < -0.4 is 15.4 Å². The molecule has 2 aromatic rings. The first-order valence-corrected chi connectivity index (χ1v) is 14.5. The van der Waals surface area contributed by atoms with Gasteiger partial charge in [0, 0.05) is 36.8 Å². The number of carbonyl (C=O) groups is 2. The summed E-state index contributed by atoms with van der Waals surface area (Å²) in [5.74, 6) is 1.86. The molecule has 0 bridgehead atoms. The minimum Gasteiger partial charge on any atom is -0.488 e. The number of rotatable bonds is 8. The highest BCUT2D eigenvalue weighted by molar-refractivity contribution is 6.00. The molecule has 3 atom stereocenters. The summed E-state index contributed by atoms with van der Waals surface area (Å²) in [6.07, 6.45) is 6.49. The van der Waals surface area contributed by atoms with Crippen molar-refractivity contribution in [2.24, 2.45) is 11.8 Å². The van der Waals surface area contributed by atoms with Crippen LogP contribution in [-0.2, 0) is 11.2 Å². The van der Waals surface area contributed by atoms with Gasteiger partial charge in [-0.15, -0.1) is 0 Å². The third-order valence-electron chi connectivity index (χ3n) is 8.23. The van der Waals surface area contributed by atoms with Crippen LogP contribution in [-0.4, -0.2) is 77.4 Å². The summed E-state index contributed by atoms with van der Waals surface area (Å²) in [7, 11) is 2.15. The van der Waals surface area contributed by atoms with Crippen LogP contribution in [0.1, 0.15) is 63.0 Å². The minimum absolute atomic E-state index is 0.0522. The van der Waals surface area contributed by atoms with Crippen LogP contribution in [0.4, 0.5) is 16.2 Å². The molecular formula is C30H45N5O5. The van der Waals surface area contributed by atoms with Crippen LogP contribution in [0.3, 0.4) is 0 Å². The molecule has 10 heteroatoms. The van der Waals surface area contributed by atoms with Crippen molar-refractivity contribution in [1.29, 1.82) is 0 Å². The van der Waals surface area contributed by atoms with Crippen molar-refractivity contribution < 1.29 is 24.0 Å². The maximum atomic E-state index is 13.5. The van der Waals surface area contributed by atoms with E-state index >= 15 is 0 Å². The Morgan fingerprint density at radius 3 is 2.62 bits per heavy atom. The van der Waals surface area contributed by atoms with Crippen LogP contribution in [0.5, 0.6) is 5.75 Å². The van der Waals surface area contributed by atoms with Gasteiger partial charge in [0.25, 0.3) is 0 Å². The number of ether oxygens (including phenoxy) is 1. The fraction of sp³-hybridized carbons (Fsp3) is 0.633. The average Bonchev–Trinajstić information content (AvgIpc) is 3.25. The van der Waals surface area contributed by atoms with Gasteiger partial charge in [-0.1, -0.05) is 31.3 Å². The highest BCUT2D eigenvalue weighted by Gasteiger charge is 2.31. The summed E-state index contributed by atoms with van der Waals surface area (Å²) in [4.78, 5) is 30.3. The summed E-state index contributed by atoms with van der Waals surface area (Å²) in [6, 6.07) is 4.67. The van der Waals surface area contributed by atoms with Gasteiger partial charge >= 0.3 is 6.03 Å². The highest BCUT2D eigenvalue weighted by Crippen LogP contribution is 2.30. The molecule has 1 aliphatic carbocycles. The number of fused-ring (bicyclic) bond motifs is 1. The smallest absolute Gasteiger partial charge is 0.323 e. The fourth-order valence-corrected chi connectivity index (χ4v) is 5.85. The number of benzene rings is 1. The van der Waals surface area contributed by atoms with Gasteiger partial charge in [-0.05, 0) is 64.8 Å². The summed E-state index contributed by atoms with van der Waals surface area (Å²) in [5.41, 5.74) is 2.36. The maximum absolute atomic E-state index is 13.5. The Morgan fingerprint density at radius 2 is 1.95 bits per heavy atom. The van der Waals surface area contributed by atoms with Gasteiger partial charge in [0.05, 0.1) is 19.1 Å². The lowest BCUT2D eigenvalue weighted by molar-refractivity contribution is -0.134. The van der Waals surface area contributed by atoms with E-state index in [2.05, 4.69) is 34.7 Å². The van der Waals surface area contributed by atoms with Gasteiger partial charge < -0.3 is 34.8 Å². The molecule has 1 aromatic heterocycles. The molecular weight excluding hydrogens is 510 g/mol. The summed E-state index contributed by atoms with van der Waals surface area (Å²) in [5, 5.41) is 19.4. The Bertz CT molecular complexity index is 1140. The Kier molecular flexibility index (Phi) is 10.1. The standard InChI is InChI=1S/C30H45N5O5/c1-19-15-35(20(2)18-36)28(37)14-24-13-25(31-30(38)32-29-21(3)33-40-22(29)4)11-12-26(24)39-27(19)17-34(5)16-23-9-7-6-8-10-23/h11-13,19-20,23,27,36H,6-10,14-18H2,1-5H3,(H2,31,32,38)/t19-,20-,27-/m0/s1. The number of carbonyl (C=O) groups excluding carboxylic acids is 2. The fourth-order valence-electron chi connectivity index (χ4n) is 5.85. The van der Waals surface area contributed by atoms with E-state index in [4.69, 9.17) is 9.26 Å². The first-order chi connectivity index (χ1) is 19.1. The molecule has 2 aliphatic rings. The van der Waals surface area contributed by atoms with Crippen LogP contribution in [0.2, 0.25) is 0 Å². The summed E-state index contributed by atoms with van der Waals surface area (Å²) >= 11 is 0. The molecule has 0 saturated heterocycles. The first-order valence-electron chi connectivity index (χ1n) is 14.5. The quantitative estimate of drug-likeness (QED) is 0.436. The summed E-state index contributed by atoms with van der Waals surface area (Å²) in [6.45, 7) is 9.64. The number of aromatic nitrogens is 1. The van der Waals surface area contributed by atoms with E-state index in [-0.39, 0.29) is 37.0 Å². The third-order valence-corrected chi connectivity index (χ3v) is 8.23. The molecule has 2 heterocycles. The zero-order chi connectivity index (χ0) is 28.8. The van der Waals surface area contributed by atoms with Crippen LogP contribution in [0.15, 0.2) is 22.7 Å². The van der Waals surface area contributed by atoms with Crippen LogP contribution in [0, 0.1) is 25.7 Å². The monoisotopic (exact) mass is 555 g/mol. The number of aliphatic hydroxyl groups excluding tert-OH is 1. The van der Waals surface area contributed by atoms with Gasteiger partial charge in [-0.3, -0.25) is 4.79 Å². The molecule has 40 heavy (non-hydrogen) atoms. The molecule has 0 radical (unpaired) electrons. The lowest BCUT2D eigenvalue weighted by Crippen LogP contribution is -2.48. The first kappa shape index (κ1) is 29.9. The number of urea groups is 1. The van der Waals surface area contributed by atoms with Crippen molar-refractivity contribution in [3.8, 4) is 5.75 Å². The number of aryl methyl sites for hydroxylation is 2. The van der Waals surface area contributed by atoms with Crippen molar-refractivity contribution in [2.45, 2.75) is 78.4 Å². The van der Waals surface area contributed by atoms with E-state index in [0.29, 0.717) is 40.7 Å². The molecule has 3 N–H and O–H groups in total. The normalized spacial score (nSPS) is 21.2. The Balaban J connectivity index is 1.54. The second-order valence-corrected chi connectivity index (χ2v) is 11.7. The SMILES string of the molecule is Cc1noc(C)c1NC(=O)Nc1ccc2c(c1)CC(=O)N([C@@H](C)CO)C[C@H](C)[C@H](CN(C)CC1CCCCC1)O2. The van der Waals surface area contributed by atoms with E-state index in [1.807, 2.05) is 13.0 Å². The molecule has 1 saturated carbocycles. The second-order valence-electron chi connectivity index (χ2n) is 11.7. The average molecular weight is 556 g/mol. The van der Waals surface area contributed by atoms with Gasteiger partial charge in [0.2, 0.25) is 5.91 Å². The molecule has 1 fully saturated rings. The summed E-state index contributed by atoms with van der Waals surface area (Å²) < 4.78 is 11.8. The topological polar surface area (TPSA) is 120 Å². The lowest BCUT2D eigenvalue weighted by atomic mass is 9.89. The highest BCUT2D eigenvalue weighted by atomic mass is 16.5. The molecule has 3 amide bonds. The lowest BCUT2D eigenvalue weighted by Gasteiger charge is -2.35. The number of hydrogen-bond donors (Lipinski definition) is 3. The molecule has 1 aromatic carbocycles. The van der Waals surface area contributed by atoms with Gasteiger partial charge in [0.15, 0.2) is 5.76 Å². The van der Waals surface area contributed by atoms with E-state index in [0.717, 1.165) is 19.0 Å². The predicted molar refractivity (Wildman–Crippen MR) is 155 cm³/mol. The molecule has 10 nitrogen and oxygen atoms in total. The number of hydrogen-bond acceptors (Lipinski definition) is 7. The van der Waals surface area contributed by atoms with E-state index in [1.165, 1.54) is 32.1 Å². The number of likely N-dealkylation sites (N-methyl/N-ethyl adjacent to an activating group) is 1. The molecule has 220 valence electrons. The molecule has 1 aliphatic heterocycles. The van der Waals surface area contributed by atoms with Crippen molar-refractivity contribution in [3.63, 3.8) is 0 Å². The Labute approximate surface area is 237 Å². The van der Waals surface area contributed by atoms with Crippen molar-refractivity contribution >= 4 is 23.3 Å². The zero-order valence-electron chi connectivity index (χ0n) is 24.5. The Hall–Kier alpha value is -3.11. The predicted octanol–water partition coefficient (Wildman–Crippen LogP) is 4.60. The van der Waals surface area contributed by atoms with E-state index < -0.39 is 6.03 Å². The largest absolute Gasteiger partial charge is 0.488 e. The Morgan fingerprint density at radius 1 is 1.20 bits per heavy atom. The van der Waals surface area contributed by atoms with Crippen LogP contribution >= 0.6 is 0 Å². The number of nitrogens with zero attached hydrogens (tertiary/aromatic N) is 3. The molecule has 4 rings (SSSR count). The van der Waals surface area contributed by atoms with E-state index in [9.17, 15) is 14.7 Å². The number of nitrogens with one attached hydrogen (secondary N) is 2. The van der Waals surface area contributed by atoms with Crippen molar-refractivity contribution in [1.82, 2.24) is 15.0 Å². The van der Waals surface area contributed by atoms with Crippen LogP contribution in [0.25, 0.3) is 0 Å². The minimum atomic E-state index is -0.434. The number of aliphatic hydroxyl groups is 1. The van der Waals surface area contributed by atoms with E-state index in [1.54, 1.807) is 30.9 Å². The van der Waals surface area contributed by atoms with Gasteiger partial charge in [0.1, 0.15) is 23.2 Å². The van der Waals surface area contributed by atoms with Gasteiger partial charge in [-0.2, -0.15) is 0 Å².